The molecule has 2 saturated heterocycles. The first-order valence-corrected chi connectivity index (χ1v) is 18.3. The molecular weight excluding hydrogens is 684 g/mol. The van der Waals surface area contributed by atoms with Gasteiger partial charge in [-0.15, -0.1) is 11.3 Å². The highest BCUT2D eigenvalue weighted by molar-refractivity contribution is 7.22. The van der Waals surface area contributed by atoms with Gasteiger partial charge < -0.3 is 24.4 Å². The molecule has 3 aliphatic heterocycles. The highest BCUT2D eigenvalue weighted by Crippen LogP contribution is 2.47. The van der Waals surface area contributed by atoms with E-state index in [1.165, 1.54) is 23.5 Å². The van der Waals surface area contributed by atoms with Gasteiger partial charge in [0.2, 0.25) is 11.8 Å². The lowest BCUT2D eigenvalue weighted by Gasteiger charge is -2.36. The van der Waals surface area contributed by atoms with Crippen LogP contribution in [0.25, 0.3) is 20.5 Å². The highest BCUT2D eigenvalue weighted by atomic mass is 32.1. The molecule has 266 valence electrons. The van der Waals surface area contributed by atoms with Crippen molar-refractivity contribution in [1.82, 2.24) is 15.1 Å². The van der Waals surface area contributed by atoms with Crippen molar-refractivity contribution in [1.29, 1.82) is 0 Å². The van der Waals surface area contributed by atoms with Crippen LogP contribution < -0.4 is 19.7 Å². The zero-order valence-corrected chi connectivity index (χ0v) is 29.2. The first-order valence-electron chi connectivity index (χ1n) is 17.5. The van der Waals surface area contributed by atoms with Crippen molar-refractivity contribution in [3.05, 3.63) is 102 Å². The summed E-state index contributed by atoms with van der Waals surface area (Å²) in [5.74, 6) is 1.08. The van der Waals surface area contributed by atoms with Gasteiger partial charge in [0.1, 0.15) is 29.1 Å². The molecular formula is C40H37FN4O6S. The lowest BCUT2D eigenvalue weighted by Crippen LogP contribution is -2.52. The Morgan fingerprint density at radius 3 is 2.42 bits per heavy atom. The number of carbonyl (C=O) groups is 3. The molecule has 4 heterocycles. The second-order valence-corrected chi connectivity index (χ2v) is 14.3. The van der Waals surface area contributed by atoms with Gasteiger partial charge in [0.05, 0.1) is 11.5 Å². The minimum absolute atomic E-state index is 0.154. The van der Waals surface area contributed by atoms with Crippen molar-refractivity contribution in [3.8, 4) is 33.4 Å². The van der Waals surface area contributed by atoms with Crippen LogP contribution in [0.4, 0.5) is 10.1 Å². The third-order valence-corrected chi connectivity index (χ3v) is 11.1. The standard InChI is InChI=1S/C40H37FN4O6S/c41-27-4-2-25(3-5-27)38-37(33-13-7-29(46)23-35(33)52-38)51-31-10-8-30(9-11-31)50-21-1-16-43-17-19-44(20-18-43)28-6-12-32-26(22-28)24-45(40(32)49)34-14-15-36(47)42-39(34)48/h2-13,22-23,34,46H,1,14-21,24H2,(H,42,47,48). The fraction of sp³-hybridized carbons (Fsp3) is 0.275. The summed E-state index contributed by atoms with van der Waals surface area (Å²) in [4.78, 5) is 44.2. The van der Waals surface area contributed by atoms with Crippen LogP contribution in [-0.2, 0) is 16.1 Å². The van der Waals surface area contributed by atoms with E-state index < -0.39 is 11.9 Å². The zero-order chi connectivity index (χ0) is 35.8. The molecule has 0 spiro atoms. The Kier molecular flexibility index (Phi) is 9.25. The second kappa shape index (κ2) is 14.3. The molecule has 52 heavy (non-hydrogen) atoms. The number of halogens is 1. The minimum atomic E-state index is -0.611. The first-order chi connectivity index (χ1) is 25.3. The number of piperazine rings is 1. The SMILES string of the molecule is O=C1CCC(N2Cc3cc(N4CCN(CCCOc5ccc(Oc6c(-c7ccc(F)cc7)sc7cc(O)ccc67)cc5)CC4)ccc3C2=O)C(=O)N1. The number of aromatic hydroxyl groups is 1. The van der Waals surface area contributed by atoms with Crippen LogP contribution in [0, 0.1) is 5.82 Å². The van der Waals surface area contributed by atoms with Crippen LogP contribution in [0.1, 0.15) is 35.2 Å². The molecule has 3 aliphatic rings. The number of nitrogens with one attached hydrogen (secondary N) is 1. The van der Waals surface area contributed by atoms with Crippen LogP contribution in [0.15, 0.2) is 84.9 Å². The molecule has 12 heteroatoms. The number of amides is 3. The summed E-state index contributed by atoms with van der Waals surface area (Å²) >= 11 is 1.48. The summed E-state index contributed by atoms with van der Waals surface area (Å²) in [5, 5.41) is 13.3. The number of hydrogen-bond donors (Lipinski definition) is 2. The van der Waals surface area contributed by atoms with Gasteiger partial charge in [-0.05, 0) is 96.8 Å². The summed E-state index contributed by atoms with van der Waals surface area (Å²) in [5.41, 5.74) is 3.45. The number of anilines is 1. The number of piperidine rings is 1. The van der Waals surface area contributed by atoms with Crippen LogP contribution in [0.3, 0.4) is 0 Å². The molecule has 5 aromatic rings. The zero-order valence-electron chi connectivity index (χ0n) is 28.3. The molecule has 4 aromatic carbocycles. The molecule has 10 nitrogen and oxygen atoms in total. The Labute approximate surface area is 304 Å². The molecule has 3 amide bonds. The van der Waals surface area contributed by atoms with E-state index in [1.54, 1.807) is 29.2 Å². The number of rotatable bonds is 10. The van der Waals surface area contributed by atoms with E-state index in [4.69, 9.17) is 9.47 Å². The summed E-state index contributed by atoms with van der Waals surface area (Å²) in [7, 11) is 0. The molecule has 1 aromatic heterocycles. The van der Waals surface area contributed by atoms with Gasteiger partial charge in [-0.3, -0.25) is 24.6 Å². The Bertz CT molecular complexity index is 2150. The number of benzene rings is 4. The van der Waals surface area contributed by atoms with Gasteiger partial charge >= 0.3 is 0 Å². The Balaban J connectivity index is 0.811. The number of fused-ring (bicyclic) bond motifs is 2. The fourth-order valence-electron chi connectivity index (χ4n) is 7.14. The number of thiophene rings is 1. The number of hydrogen-bond acceptors (Lipinski definition) is 9. The Morgan fingerprint density at radius 2 is 1.65 bits per heavy atom. The van der Waals surface area contributed by atoms with E-state index in [-0.39, 0.29) is 29.8 Å². The number of nitrogens with zero attached hydrogens (tertiary/aromatic N) is 3. The molecule has 1 atom stereocenters. The summed E-state index contributed by atoms with van der Waals surface area (Å²) in [6, 6.07) is 24.3. The molecule has 0 radical (unpaired) electrons. The van der Waals surface area contributed by atoms with Crippen molar-refractivity contribution in [3.63, 3.8) is 0 Å². The molecule has 0 bridgehead atoms. The number of phenolic OH excluding ortho intramolecular Hbond substituents is 1. The van der Waals surface area contributed by atoms with E-state index in [0.29, 0.717) is 36.6 Å². The fourth-order valence-corrected chi connectivity index (χ4v) is 8.31. The van der Waals surface area contributed by atoms with Gasteiger partial charge in [-0.2, -0.15) is 0 Å². The van der Waals surface area contributed by atoms with Gasteiger partial charge in [0, 0.05) is 67.0 Å². The van der Waals surface area contributed by atoms with Gasteiger partial charge in [-0.25, -0.2) is 4.39 Å². The molecule has 8 rings (SSSR count). The average Bonchev–Trinajstić information content (AvgIpc) is 3.67. The topological polar surface area (TPSA) is 112 Å². The Morgan fingerprint density at radius 1 is 0.885 bits per heavy atom. The molecule has 2 fully saturated rings. The summed E-state index contributed by atoms with van der Waals surface area (Å²) in [6.45, 7) is 5.45. The number of carbonyl (C=O) groups excluding carboxylic acids is 3. The lowest BCUT2D eigenvalue weighted by atomic mass is 10.0. The van der Waals surface area contributed by atoms with Crippen LogP contribution in [-0.4, -0.2) is 78.0 Å². The predicted molar refractivity (Wildman–Crippen MR) is 197 cm³/mol. The average molecular weight is 721 g/mol. The molecule has 0 aliphatic carbocycles. The quantitative estimate of drug-likeness (QED) is 0.123. The Hall–Kier alpha value is -5.46. The first kappa shape index (κ1) is 33.7. The van der Waals surface area contributed by atoms with E-state index >= 15 is 0 Å². The molecule has 2 N–H and O–H groups in total. The third-order valence-electron chi connectivity index (χ3n) is 9.91. The lowest BCUT2D eigenvalue weighted by molar-refractivity contribution is -0.136. The van der Waals surface area contributed by atoms with Crippen LogP contribution in [0.5, 0.6) is 23.0 Å². The van der Waals surface area contributed by atoms with Crippen molar-refractivity contribution in [2.45, 2.75) is 31.8 Å². The van der Waals surface area contributed by atoms with Crippen molar-refractivity contribution in [2.24, 2.45) is 0 Å². The number of phenols is 1. The number of imide groups is 1. The third kappa shape index (κ3) is 6.91. The van der Waals surface area contributed by atoms with Crippen molar-refractivity contribution >= 4 is 44.8 Å². The van der Waals surface area contributed by atoms with E-state index in [2.05, 4.69) is 21.2 Å². The molecule has 1 unspecified atom stereocenters. The monoisotopic (exact) mass is 720 g/mol. The van der Waals surface area contributed by atoms with E-state index in [0.717, 1.165) is 76.7 Å². The minimum Gasteiger partial charge on any atom is -0.508 e. The van der Waals surface area contributed by atoms with E-state index in [9.17, 15) is 23.9 Å². The van der Waals surface area contributed by atoms with Crippen molar-refractivity contribution in [2.75, 3.05) is 44.2 Å². The van der Waals surface area contributed by atoms with Crippen LogP contribution in [0.2, 0.25) is 0 Å². The normalized spacial score (nSPS) is 17.8. The summed E-state index contributed by atoms with van der Waals surface area (Å²) in [6.07, 6.45) is 1.48. The molecule has 0 saturated carbocycles. The smallest absolute Gasteiger partial charge is 0.255 e. The maximum Gasteiger partial charge on any atom is 0.255 e. The largest absolute Gasteiger partial charge is 0.508 e. The van der Waals surface area contributed by atoms with Gasteiger partial charge in [0.25, 0.3) is 5.91 Å². The van der Waals surface area contributed by atoms with Gasteiger partial charge in [0.15, 0.2) is 5.75 Å². The van der Waals surface area contributed by atoms with E-state index in [1.807, 2.05) is 42.5 Å². The second-order valence-electron chi connectivity index (χ2n) is 13.3. The van der Waals surface area contributed by atoms with Crippen LogP contribution >= 0.6 is 11.3 Å². The maximum absolute atomic E-state index is 13.6. The number of ether oxygens (including phenoxy) is 2. The van der Waals surface area contributed by atoms with Gasteiger partial charge in [-0.1, -0.05) is 12.1 Å². The highest BCUT2D eigenvalue weighted by Gasteiger charge is 2.39. The van der Waals surface area contributed by atoms with Crippen molar-refractivity contribution < 1.29 is 33.4 Å². The maximum atomic E-state index is 13.6. The predicted octanol–water partition coefficient (Wildman–Crippen LogP) is 6.56. The summed E-state index contributed by atoms with van der Waals surface area (Å²) < 4.78 is 26.9.